The van der Waals surface area contributed by atoms with Crippen LogP contribution in [0.2, 0.25) is 0 Å². The van der Waals surface area contributed by atoms with Gasteiger partial charge in [-0.3, -0.25) is 4.79 Å². The van der Waals surface area contributed by atoms with E-state index < -0.39 is 0 Å². The molecule has 5 heteroatoms. The summed E-state index contributed by atoms with van der Waals surface area (Å²) >= 11 is 0. The number of hydrogen-bond donors (Lipinski definition) is 2. The van der Waals surface area contributed by atoms with Crippen molar-refractivity contribution in [1.29, 1.82) is 0 Å². The van der Waals surface area contributed by atoms with Gasteiger partial charge in [0.1, 0.15) is 0 Å². The normalized spacial score (nSPS) is 16.0. The van der Waals surface area contributed by atoms with Crippen molar-refractivity contribution in [3.05, 3.63) is 58.0 Å². The minimum atomic E-state index is 0.0179. The number of aryl methyl sites for hydroxylation is 1. The Morgan fingerprint density at radius 3 is 2.60 bits per heavy atom. The molecule has 1 aliphatic rings. The smallest absolute Gasteiger partial charge is 0.250 e. The summed E-state index contributed by atoms with van der Waals surface area (Å²) in [5, 5.41) is 4.58. The second-order valence-corrected chi connectivity index (χ2v) is 8.96. The van der Waals surface area contributed by atoms with Crippen LogP contribution in [0.5, 0.6) is 0 Å². The third-order valence-corrected chi connectivity index (χ3v) is 6.55. The Bertz CT molecular complexity index is 1070. The Morgan fingerprint density at radius 1 is 1.17 bits per heavy atom. The van der Waals surface area contributed by atoms with Crippen LogP contribution in [-0.4, -0.2) is 47.7 Å². The van der Waals surface area contributed by atoms with Crippen molar-refractivity contribution < 1.29 is 0 Å². The summed E-state index contributed by atoms with van der Waals surface area (Å²) in [6, 6.07) is 10.6. The van der Waals surface area contributed by atoms with E-state index in [4.69, 9.17) is 0 Å². The molecule has 1 aliphatic heterocycles. The molecular weight excluding hydrogens is 372 g/mol. The first-order valence-corrected chi connectivity index (χ1v) is 11.2. The van der Waals surface area contributed by atoms with E-state index in [0.717, 1.165) is 24.3 Å². The maximum Gasteiger partial charge on any atom is 0.250 e. The van der Waals surface area contributed by atoms with Crippen LogP contribution in [-0.2, 0) is 7.05 Å². The molecule has 3 aromatic rings. The van der Waals surface area contributed by atoms with Gasteiger partial charge in [-0.1, -0.05) is 19.9 Å². The van der Waals surface area contributed by atoms with Crippen LogP contribution in [0.1, 0.15) is 49.7 Å². The highest BCUT2D eigenvalue weighted by Crippen LogP contribution is 2.38. The molecular formula is C25H34N4O. The Hall–Kier alpha value is -2.37. The molecule has 1 saturated heterocycles. The number of nitrogens with one attached hydrogen (secondary N) is 2. The van der Waals surface area contributed by atoms with Crippen LogP contribution in [0.25, 0.3) is 22.2 Å². The lowest BCUT2D eigenvalue weighted by Crippen LogP contribution is -2.37. The number of piperidine rings is 1. The van der Waals surface area contributed by atoms with Crippen molar-refractivity contribution in [3.63, 3.8) is 0 Å². The van der Waals surface area contributed by atoms with Crippen molar-refractivity contribution in [3.8, 4) is 11.3 Å². The van der Waals surface area contributed by atoms with E-state index >= 15 is 0 Å². The molecule has 2 N–H and O–H groups in total. The minimum absolute atomic E-state index is 0.0179. The first-order valence-electron chi connectivity index (χ1n) is 11.2. The van der Waals surface area contributed by atoms with Gasteiger partial charge in [-0.15, -0.1) is 0 Å². The molecule has 0 amide bonds. The van der Waals surface area contributed by atoms with Gasteiger partial charge < -0.3 is 19.8 Å². The molecule has 160 valence electrons. The molecule has 0 radical (unpaired) electrons. The molecule has 1 aromatic carbocycles. The standard InChI is InChI=1S/C25H34N4O/c1-17(2)24-21-15-19(18-9-12-29(13-10-18)14-11-26-3)5-7-22(21)27-25(24)20-6-8-23(30)28(4)16-20/h5-8,15-18,26-27H,9-14H2,1-4H3. The topological polar surface area (TPSA) is 53.1 Å². The summed E-state index contributed by atoms with van der Waals surface area (Å²) in [6.07, 6.45) is 4.38. The highest BCUT2D eigenvalue weighted by molar-refractivity contribution is 5.91. The molecule has 2 aromatic heterocycles. The van der Waals surface area contributed by atoms with Crippen molar-refractivity contribution in [2.75, 3.05) is 33.2 Å². The lowest BCUT2D eigenvalue weighted by Gasteiger charge is -2.32. The summed E-state index contributed by atoms with van der Waals surface area (Å²) in [6.45, 7) is 9.06. The van der Waals surface area contributed by atoms with Crippen LogP contribution < -0.4 is 10.9 Å². The number of benzene rings is 1. The van der Waals surface area contributed by atoms with Crippen LogP contribution in [0.3, 0.4) is 0 Å². The predicted octanol–water partition coefficient (Wildman–Crippen LogP) is 4.06. The van der Waals surface area contributed by atoms with Gasteiger partial charge in [-0.25, -0.2) is 0 Å². The fourth-order valence-electron chi connectivity index (χ4n) is 4.81. The van der Waals surface area contributed by atoms with Gasteiger partial charge in [0.05, 0.1) is 5.69 Å². The number of hydrogen-bond acceptors (Lipinski definition) is 3. The van der Waals surface area contributed by atoms with E-state index in [1.54, 1.807) is 10.6 Å². The van der Waals surface area contributed by atoms with E-state index in [0.29, 0.717) is 11.8 Å². The first kappa shape index (κ1) is 20.9. The molecule has 0 aliphatic carbocycles. The Morgan fingerprint density at radius 2 is 1.93 bits per heavy atom. The molecule has 3 heterocycles. The number of nitrogens with zero attached hydrogens (tertiary/aromatic N) is 2. The number of fused-ring (bicyclic) bond motifs is 1. The quantitative estimate of drug-likeness (QED) is 0.649. The summed E-state index contributed by atoms with van der Waals surface area (Å²) in [5.74, 6) is 1.03. The lowest BCUT2D eigenvalue weighted by atomic mass is 9.87. The maximum atomic E-state index is 11.8. The highest BCUT2D eigenvalue weighted by atomic mass is 16.1. The van der Waals surface area contributed by atoms with Gasteiger partial charge in [-0.05, 0) is 74.1 Å². The van der Waals surface area contributed by atoms with E-state index in [-0.39, 0.29) is 5.56 Å². The third kappa shape index (κ3) is 4.09. The number of H-pyrrole nitrogens is 1. The van der Waals surface area contributed by atoms with Gasteiger partial charge in [0.15, 0.2) is 0 Å². The molecule has 0 spiro atoms. The van der Waals surface area contributed by atoms with Gasteiger partial charge >= 0.3 is 0 Å². The minimum Gasteiger partial charge on any atom is -0.354 e. The Balaban J connectivity index is 1.67. The molecule has 1 fully saturated rings. The summed E-state index contributed by atoms with van der Waals surface area (Å²) < 4.78 is 1.65. The predicted molar refractivity (Wildman–Crippen MR) is 125 cm³/mol. The van der Waals surface area contributed by atoms with E-state index in [1.807, 2.05) is 26.4 Å². The van der Waals surface area contributed by atoms with Gasteiger partial charge in [-0.2, -0.15) is 0 Å². The number of rotatable bonds is 6. The van der Waals surface area contributed by atoms with Crippen LogP contribution in [0, 0.1) is 0 Å². The van der Waals surface area contributed by atoms with Gasteiger partial charge in [0.2, 0.25) is 5.56 Å². The summed E-state index contributed by atoms with van der Waals surface area (Å²) in [5.41, 5.74) is 6.20. The Kier molecular flexibility index (Phi) is 6.11. The third-order valence-electron chi connectivity index (χ3n) is 6.55. The zero-order valence-corrected chi connectivity index (χ0v) is 18.7. The average Bonchev–Trinajstić information content (AvgIpc) is 3.13. The molecule has 0 bridgehead atoms. The molecule has 0 atom stereocenters. The molecule has 30 heavy (non-hydrogen) atoms. The number of aromatic amines is 1. The Labute approximate surface area is 179 Å². The van der Waals surface area contributed by atoms with Crippen molar-refractivity contribution in [1.82, 2.24) is 19.8 Å². The second-order valence-electron chi connectivity index (χ2n) is 8.96. The van der Waals surface area contributed by atoms with Crippen molar-refractivity contribution in [2.45, 2.75) is 38.5 Å². The van der Waals surface area contributed by atoms with E-state index in [9.17, 15) is 4.79 Å². The highest BCUT2D eigenvalue weighted by Gasteiger charge is 2.22. The SMILES string of the molecule is CNCCN1CCC(c2ccc3[nH]c(-c4ccc(=O)n(C)c4)c(C(C)C)c3c2)CC1. The summed E-state index contributed by atoms with van der Waals surface area (Å²) in [7, 11) is 3.83. The van der Waals surface area contributed by atoms with Gasteiger partial charge in [0, 0.05) is 48.9 Å². The van der Waals surface area contributed by atoms with E-state index in [2.05, 4.69) is 47.2 Å². The first-order chi connectivity index (χ1) is 14.5. The fraction of sp³-hybridized carbons (Fsp3) is 0.480. The van der Waals surface area contributed by atoms with E-state index in [1.165, 1.54) is 48.0 Å². The van der Waals surface area contributed by atoms with Gasteiger partial charge in [0.25, 0.3) is 0 Å². The number of likely N-dealkylation sites (tertiary alicyclic amines) is 1. The molecule has 0 unspecified atom stereocenters. The zero-order valence-electron chi connectivity index (χ0n) is 18.7. The molecule has 4 rings (SSSR count). The van der Waals surface area contributed by atoms with Crippen LogP contribution in [0.4, 0.5) is 0 Å². The average molecular weight is 407 g/mol. The molecule has 5 nitrogen and oxygen atoms in total. The second kappa shape index (κ2) is 8.78. The number of likely N-dealkylation sites (N-methyl/N-ethyl adjacent to an activating group) is 1. The summed E-state index contributed by atoms with van der Waals surface area (Å²) in [4.78, 5) is 18.0. The van der Waals surface area contributed by atoms with Crippen molar-refractivity contribution >= 4 is 10.9 Å². The van der Waals surface area contributed by atoms with Crippen molar-refractivity contribution in [2.24, 2.45) is 7.05 Å². The maximum absolute atomic E-state index is 11.8. The number of aromatic nitrogens is 2. The van der Waals surface area contributed by atoms with Crippen LogP contribution in [0.15, 0.2) is 41.3 Å². The number of pyridine rings is 1. The fourth-order valence-corrected chi connectivity index (χ4v) is 4.81. The monoisotopic (exact) mass is 406 g/mol. The zero-order chi connectivity index (χ0) is 21.3. The van der Waals surface area contributed by atoms with Crippen LogP contribution >= 0.6 is 0 Å². The largest absolute Gasteiger partial charge is 0.354 e. The lowest BCUT2D eigenvalue weighted by molar-refractivity contribution is 0.214. The molecule has 0 saturated carbocycles.